The number of carboxylic acids is 1. The van der Waals surface area contributed by atoms with Crippen molar-refractivity contribution in [2.75, 3.05) is 0 Å². The van der Waals surface area contributed by atoms with Crippen LogP contribution in [-0.4, -0.2) is 22.0 Å². The molecule has 14 heavy (non-hydrogen) atoms. The molecule has 0 atom stereocenters. The number of phenolic OH excluding ortho intramolecular Hbond substituents is 1. The van der Waals surface area contributed by atoms with E-state index in [9.17, 15) is 14.7 Å². The zero-order valence-corrected chi connectivity index (χ0v) is 7.65. The number of benzene rings is 1. The maximum absolute atomic E-state index is 10.8. The number of aryl methyl sites for hydroxylation is 1. The summed E-state index contributed by atoms with van der Waals surface area (Å²) in [5.41, 5.74) is 1.22. The van der Waals surface area contributed by atoms with E-state index in [2.05, 4.69) is 0 Å². The summed E-state index contributed by atoms with van der Waals surface area (Å²) in [7, 11) is 0. The number of ketones is 1. The summed E-state index contributed by atoms with van der Waals surface area (Å²) in [6, 6.07) is 4.57. The van der Waals surface area contributed by atoms with Gasteiger partial charge in [-0.15, -0.1) is 0 Å². The molecule has 0 aromatic heterocycles. The highest BCUT2D eigenvalue weighted by atomic mass is 16.4. The molecule has 0 aliphatic carbocycles. The first-order valence-electron chi connectivity index (χ1n) is 4.05. The predicted octanol–water partition coefficient (Wildman–Crippen LogP) is 0.897. The molecule has 0 radical (unpaired) electrons. The van der Waals surface area contributed by atoms with E-state index in [4.69, 9.17) is 5.11 Å². The minimum absolute atomic E-state index is 0.136. The highest BCUT2D eigenvalue weighted by molar-refractivity contribution is 6.33. The molecule has 2 N–H and O–H groups in total. The number of hydrogen-bond acceptors (Lipinski definition) is 3. The third-order valence-corrected chi connectivity index (χ3v) is 1.86. The zero-order chi connectivity index (χ0) is 10.7. The van der Waals surface area contributed by atoms with Crippen molar-refractivity contribution in [3.8, 4) is 5.75 Å². The lowest BCUT2D eigenvalue weighted by atomic mass is 10.1. The largest absolute Gasteiger partial charge is 0.508 e. The molecule has 0 amide bonds. The van der Waals surface area contributed by atoms with Gasteiger partial charge in [-0.2, -0.15) is 0 Å². The van der Waals surface area contributed by atoms with Crippen molar-refractivity contribution in [1.29, 1.82) is 0 Å². The van der Waals surface area contributed by atoms with Gasteiger partial charge in [0.1, 0.15) is 5.75 Å². The van der Waals surface area contributed by atoms with Crippen LogP contribution in [0.25, 0.3) is 0 Å². The Labute approximate surface area is 80.8 Å². The van der Waals surface area contributed by atoms with E-state index in [1.165, 1.54) is 12.1 Å². The number of aliphatic carboxylic acids is 1. The van der Waals surface area contributed by atoms with Crippen molar-refractivity contribution in [1.82, 2.24) is 0 Å². The number of carboxylic acid groups (broad SMARTS) is 1. The van der Waals surface area contributed by atoms with Gasteiger partial charge in [-0.25, -0.2) is 4.79 Å². The summed E-state index contributed by atoms with van der Waals surface area (Å²) in [5, 5.41) is 17.6. The molecular formula is C10H10O4. The number of carbonyl (C=O) groups excluding carboxylic acids is 1. The number of aromatic hydroxyl groups is 1. The van der Waals surface area contributed by atoms with Crippen LogP contribution in [0.2, 0.25) is 0 Å². The molecule has 74 valence electrons. The van der Waals surface area contributed by atoms with Crippen LogP contribution in [0.15, 0.2) is 18.2 Å². The quantitative estimate of drug-likeness (QED) is 0.701. The fraction of sp³-hybridized carbons (Fsp3) is 0.200. The summed E-state index contributed by atoms with van der Waals surface area (Å²) in [6.07, 6.45) is -0.142. The Hall–Kier alpha value is -1.84. The van der Waals surface area contributed by atoms with Gasteiger partial charge < -0.3 is 10.2 Å². The highest BCUT2D eigenvalue weighted by Gasteiger charge is 2.12. The van der Waals surface area contributed by atoms with Crippen molar-refractivity contribution in [2.45, 2.75) is 13.3 Å². The average Bonchev–Trinajstić information content (AvgIpc) is 2.11. The van der Waals surface area contributed by atoms with Gasteiger partial charge >= 0.3 is 5.97 Å². The van der Waals surface area contributed by atoms with E-state index < -0.39 is 11.8 Å². The van der Waals surface area contributed by atoms with Crippen LogP contribution < -0.4 is 0 Å². The van der Waals surface area contributed by atoms with E-state index in [0.29, 0.717) is 11.1 Å². The minimum atomic E-state index is -1.43. The summed E-state index contributed by atoms with van der Waals surface area (Å²) in [5.74, 6) is -2.15. The van der Waals surface area contributed by atoms with Crippen LogP contribution in [0.4, 0.5) is 0 Å². The Morgan fingerprint density at radius 2 is 2.00 bits per heavy atom. The summed E-state index contributed by atoms with van der Waals surface area (Å²) >= 11 is 0. The normalized spacial score (nSPS) is 9.79. The lowest BCUT2D eigenvalue weighted by molar-refractivity contribution is -0.148. The van der Waals surface area contributed by atoms with Crippen molar-refractivity contribution in [3.63, 3.8) is 0 Å². The minimum Gasteiger partial charge on any atom is -0.508 e. The number of Topliss-reactive ketones (excluding diaryl/α,β-unsaturated/α-hetero) is 1. The number of carbonyl (C=O) groups is 2. The van der Waals surface area contributed by atoms with Gasteiger partial charge in [0, 0.05) is 6.42 Å². The molecule has 1 aromatic rings. The maximum atomic E-state index is 10.8. The van der Waals surface area contributed by atoms with Crippen LogP contribution in [-0.2, 0) is 16.0 Å². The maximum Gasteiger partial charge on any atom is 0.372 e. The van der Waals surface area contributed by atoms with Crippen LogP contribution in [0.1, 0.15) is 11.1 Å². The van der Waals surface area contributed by atoms with Crippen LogP contribution in [0.5, 0.6) is 5.75 Å². The smallest absolute Gasteiger partial charge is 0.372 e. The number of phenols is 1. The molecule has 0 bridgehead atoms. The number of hydrogen-bond donors (Lipinski definition) is 2. The highest BCUT2D eigenvalue weighted by Crippen LogP contribution is 2.17. The van der Waals surface area contributed by atoms with Crippen LogP contribution in [0, 0.1) is 6.92 Å². The second-order valence-electron chi connectivity index (χ2n) is 3.03. The average molecular weight is 194 g/mol. The Morgan fingerprint density at radius 1 is 1.36 bits per heavy atom. The van der Waals surface area contributed by atoms with Crippen molar-refractivity contribution < 1.29 is 19.8 Å². The lowest BCUT2D eigenvalue weighted by Crippen LogP contribution is -2.14. The SMILES string of the molecule is Cc1cc(CC(=O)C(=O)O)ccc1O. The molecule has 0 unspecified atom stereocenters. The fourth-order valence-electron chi connectivity index (χ4n) is 1.09. The molecule has 4 nitrogen and oxygen atoms in total. The third-order valence-electron chi connectivity index (χ3n) is 1.86. The third kappa shape index (κ3) is 2.32. The second kappa shape index (κ2) is 3.91. The lowest BCUT2D eigenvalue weighted by Gasteiger charge is -2.01. The monoisotopic (exact) mass is 194 g/mol. The van der Waals surface area contributed by atoms with E-state index in [0.717, 1.165) is 0 Å². The molecule has 0 saturated carbocycles. The first kappa shape index (κ1) is 10.2. The molecule has 0 saturated heterocycles. The standard InChI is InChI=1S/C10H10O4/c1-6-4-7(2-3-8(6)11)5-9(12)10(13)14/h2-4,11H,5H2,1H3,(H,13,14). The van der Waals surface area contributed by atoms with Gasteiger partial charge in [0.25, 0.3) is 0 Å². The molecule has 0 fully saturated rings. The van der Waals surface area contributed by atoms with Gasteiger partial charge in [-0.1, -0.05) is 12.1 Å². The van der Waals surface area contributed by atoms with Crippen molar-refractivity contribution in [2.24, 2.45) is 0 Å². The van der Waals surface area contributed by atoms with E-state index >= 15 is 0 Å². The summed E-state index contributed by atoms with van der Waals surface area (Å²) in [6.45, 7) is 1.68. The molecule has 0 spiro atoms. The topological polar surface area (TPSA) is 74.6 Å². The first-order valence-corrected chi connectivity index (χ1v) is 4.05. The summed E-state index contributed by atoms with van der Waals surface area (Å²) in [4.78, 5) is 21.1. The fourth-order valence-corrected chi connectivity index (χ4v) is 1.09. The Balaban J connectivity index is 2.83. The molecule has 4 heteroatoms. The Bertz CT molecular complexity index is 382. The van der Waals surface area contributed by atoms with Gasteiger partial charge in [-0.3, -0.25) is 4.79 Å². The molecule has 0 aliphatic heterocycles. The first-order chi connectivity index (χ1) is 6.50. The van der Waals surface area contributed by atoms with Gasteiger partial charge in [0.05, 0.1) is 0 Å². The predicted molar refractivity (Wildman–Crippen MR) is 49.2 cm³/mol. The van der Waals surface area contributed by atoms with Crippen LogP contribution in [0.3, 0.4) is 0 Å². The van der Waals surface area contributed by atoms with Gasteiger partial charge in [0.2, 0.25) is 5.78 Å². The van der Waals surface area contributed by atoms with Gasteiger partial charge in [-0.05, 0) is 24.1 Å². The Morgan fingerprint density at radius 3 is 2.50 bits per heavy atom. The van der Waals surface area contributed by atoms with Crippen molar-refractivity contribution >= 4 is 11.8 Å². The van der Waals surface area contributed by atoms with E-state index in [1.807, 2.05) is 0 Å². The molecule has 0 aliphatic rings. The Kier molecular flexibility index (Phi) is 2.86. The van der Waals surface area contributed by atoms with Crippen molar-refractivity contribution in [3.05, 3.63) is 29.3 Å². The van der Waals surface area contributed by atoms with Crippen LogP contribution >= 0.6 is 0 Å². The second-order valence-corrected chi connectivity index (χ2v) is 3.03. The molecular weight excluding hydrogens is 184 g/mol. The van der Waals surface area contributed by atoms with E-state index in [-0.39, 0.29) is 12.2 Å². The number of rotatable bonds is 3. The summed E-state index contributed by atoms with van der Waals surface area (Å²) < 4.78 is 0. The van der Waals surface area contributed by atoms with E-state index in [1.54, 1.807) is 13.0 Å². The molecule has 1 rings (SSSR count). The molecule has 1 aromatic carbocycles. The van der Waals surface area contributed by atoms with Gasteiger partial charge in [0.15, 0.2) is 0 Å². The zero-order valence-electron chi connectivity index (χ0n) is 7.65. The molecule has 0 heterocycles.